The maximum atomic E-state index is 12.0. The smallest absolute Gasteiger partial charge is 0.408 e. The van der Waals surface area contributed by atoms with Crippen molar-refractivity contribution in [2.45, 2.75) is 59.1 Å². The summed E-state index contributed by atoms with van der Waals surface area (Å²) in [5.41, 5.74) is -0.265. The molecule has 0 saturated carbocycles. The minimum Gasteiger partial charge on any atom is -0.459 e. The summed E-state index contributed by atoms with van der Waals surface area (Å²) >= 11 is 0. The van der Waals surface area contributed by atoms with Crippen LogP contribution in [0, 0.1) is 6.92 Å². The number of amides is 2. The lowest BCUT2D eigenvalue weighted by molar-refractivity contribution is 0.0473. The van der Waals surface area contributed by atoms with Crippen LogP contribution in [0.1, 0.15) is 57.2 Å². The number of rotatable bonds is 8. The van der Waals surface area contributed by atoms with Crippen molar-refractivity contribution in [3.05, 3.63) is 23.7 Å². The third kappa shape index (κ3) is 9.87. The second kappa shape index (κ2) is 10.7. The van der Waals surface area contributed by atoms with Gasteiger partial charge in [0.2, 0.25) is 0 Å². The molecule has 9 heteroatoms. The average molecular weight is 410 g/mol. The molecule has 0 atom stereocenters. The number of alkyl carbamates (subject to hydrolysis) is 1. The fourth-order valence-corrected chi connectivity index (χ4v) is 2.33. The fraction of sp³-hybridized carbons (Fsp3) is 0.650. The molecule has 4 N–H and O–H groups in total. The summed E-state index contributed by atoms with van der Waals surface area (Å²) < 4.78 is 10.4. The van der Waals surface area contributed by atoms with E-state index in [1.54, 1.807) is 13.1 Å². The van der Waals surface area contributed by atoms with E-state index in [2.05, 4.69) is 26.3 Å². The van der Waals surface area contributed by atoms with Gasteiger partial charge in [0.25, 0.3) is 5.91 Å². The van der Waals surface area contributed by atoms with Crippen molar-refractivity contribution in [1.82, 2.24) is 21.3 Å². The molecule has 2 amide bonds. The van der Waals surface area contributed by atoms with Crippen LogP contribution in [-0.2, 0) is 4.74 Å². The lowest BCUT2D eigenvalue weighted by atomic mass is 10.1. The summed E-state index contributed by atoms with van der Waals surface area (Å²) in [5, 5.41) is 12.0. The molecule has 1 heterocycles. The first-order valence-corrected chi connectivity index (χ1v) is 9.71. The van der Waals surface area contributed by atoms with E-state index < -0.39 is 17.2 Å². The molecule has 29 heavy (non-hydrogen) atoms. The van der Waals surface area contributed by atoms with E-state index in [1.165, 1.54) is 6.26 Å². The van der Waals surface area contributed by atoms with Crippen molar-refractivity contribution in [1.29, 1.82) is 0 Å². The van der Waals surface area contributed by atoms with Crippen LogP contribution in [0.4, 0.5) is 4.79 Å². The zero-order chi connectivity index (χ0) is 22.1. The highest BCUT2D eigenvalue weighted by Crippen LogP contribution is 2.09. The van der Waals surface area contributed by atoms with E-state index >= 15 is 0 Å². The Morgan fingerprint density at radius 1 is 1.10 bits per heavy atom. The molecule has 0 aliphatic rings. The van der Waals surface area contributed by atoms with Gasteiger partial charge in [-0.15, -0.1) is 0 Å². The molecule has 0 radical (unpaired) electrons. The Kier molecular flexibility index (Phi) is 9.00. The van der Waals surface area contributed by atoms with Crippen LogP contribution >= 0.6 is 0 Å². The summed E-state index contributed by atoms with van der Waals surface area (Å²) in [6.07, 6.45) is 1.75. The highest BCUT2D eigenvalue weighted by Gasteiger charge is 2.24. The molecule has 0 saturated heterocycles. The van der Waals surface area contributed by atoms with Crippen LogP contribution < -0.4 is 21.3 Å². The Hall–Kier alpha value is -2.71. The number of guanidine groups is 1. The molecular weight excluding hydrogens is 374 g/mol. The van der Waals surface area contributed by atoms with Gasteiger partial charge in [-0.1, -0.05) is 0 Å². The van der Waals surface area contributed by atoms with Crippen molar-refractivity contribution in [2.24, 2.45) is 4.99 Å². The minimum atomic E-state index is -0.545. The predicted octanol–water partition coefficient (Wildman–Crippen LogP) is 2.18. The summed E-state index contributed by atoms with van der Waals surface area (Å²) in [4.78, 5) is 28.1. The van der Waals surface area contributed by atoms with Gasteiger partial charge < -0.3 is 30.4 Å². The second-order valence-corrected chi connectivity index (χ2v) is 8.41. The number of ether oxygens (including phenoxy) is 1. The van der Waals surface area contributed by atoms with Gasteiger partial charge in [-0.3, -0.25) is 9.79 Å². The summed E-state index contributed by atoms with van der Waals surface area (Å²) in [6, 6.07) is 1.76. The monoisotopic (exact) mass is 409 g/mol. The van der Waals surface area contributed by atoms with Crippen LogP contribution in [0.25, 0.3) is 0 Å². The van der Waals surface area contributed by atoms with Gasteiger partial charge in [0.15, 0.2) is 11.7 Å². The van der Waals surface area contributed by atoms with E-state index in [4.69, 9.17) is 9.15 Å². The molecule has 0 aromatic carbocycles. The third-order valence-corrected chi connectivity index (χ3v) is 3.76. The zero-order valence-electron chi connectivity index (χ0n) is 18.6. The molecule has 9 nitrogen and oxygen atoms in total. The maximum Gasteiger partial charge on any atom is 0.408 e. The molecule has 0 spiro atoms. The van der Waals surface area contributed by atoms with Gasteiger partial charge >= 0.3 is 6.09 Å². The van der Waals surface area contributed by atoms with Gasteiger partial charge in [-0.05, 0) is 54.0 Å². The molecule has 0 bridgehead atoms. The molecular formula is C20H35N5O4. The second-order valence-electron chi connectivity index (χ2n) is 8.41. The SMILES string of the molecule is CN=C(NCCCNC(=O)c1occc1C)NCC(C)(C)NC(=O)OC(C)(C)C. The van der Waals surface area contributed by atoms with E-state index in [0.717, 1.165) is 5.56 Å². The molecule has 164 valence electrons. The number of carbonyl (C=O) groups excluding carboxylic acids is 2. The molecule has 1 rings (SSSR count). The largest absolute Gasteiger partial charge is 0.459 e. The van der Waals surface area contributed by atoms with Gasteiger partial charge in [0, 0.05) is 32.2 Å². The van der Waals surface area contributed by atoms with Gasteiger partial charge in [0.05, 0.1) is 11.8 Å². The van der Waals surface area contributed by atoms with E-state index in [0.29, 0.717) is 37.8 Å². The molecule has 0 aliphatic carbocycles. The predicted molar refractivity (Wildman–Crippen MR) is 113 cm³/mol. The van der Waals surface area contributed by atoms with E-state index in [1.807, 2.05) is 41.5 Å². The molecule has 1 aromatic rings. The number of nitrogens with zero attached hydrogens (tertiary/aromatic N) is 1. The van der Waals surface area contributed by atoms with E-state index in [9.17, 15) is 9.59 Å². The van der Waals surface area contributed by atoms with Crippen molar-refractivity contribution >= 4 is 18.0 Å². The molecule has 0 fully saturated rings. The Labute approximate surface area is 173 Å². The Morgan fingerprint density at radius 3 is 2.31 bits per heavy atom. The van der Waals surface area contributed by atoms with Crippen molar-refractivity contribution in [3.63, 3.8) is 0 Å². The highest BCUT2D eigenvalue weighted by atomic mass is 16.6. The maximum absolute atomic E-state index is 12.0. The summed E-state index contributed by atoms with van der Waals surface area (Å²) in [6.45, 7) is 12.7. The van der Waals surface area contributed by atoms with Crippen LogP contribution in [0.5, 0.6) is 0 Å². The van der Waals surface area contributed by atoms with E-state index in [-0.39, 0.29) is 5.91 Å². The van der Waals surface area contributed by atoms with Crippen LogP contribution in [0.15, 0.2) is 21.7 Å². The van der Waals surface area contributed by atoms with Crippen LogP contribution in [-0.4, -0.2) is 55.8 Å². The third-order valence-electron chi connectivity index (χ3n) is 3.76. The first-order valence-electron chi connectivity index (χ1n) is 9.71. The fourth-order valence-electron chi connectivity index (χ4n) is 2.33. The lowest BCUT2D eigenvalue weighted by Crippen LogP contribution is -2.54. The number of aryl methyl sites for hydroxylation is 1. The number of aliphatic imine (C=N–C) groups is 1. The first-order chi connectivity index (χ1) is 13.4. The quantitative estimate of drug-likeness (QED) is 0.297. The van der Waals surface area contributed by atoms with Gasteiger partial charge in [-0.2, -0.15) is 0 Å². The van der Waals surface area contributed by atoms with Crippen LogP contribution in [0.3, 0.4) is 0 Å². The minimum absolute atomic E-state index is 0.218. The average Bonchev–Trinajstić information content (AvgIpc) is 3.00. The van der Waals surface area contributed by atoms with Crippen molar-refractivity contribution < 1.29 is 18.7 Å². The molecule has 0 aliphatic heterocycles. The Morgan fingerprint density at radius 2 is 1.76 bits per heavy atom. The highest BCUT2D eigenvalue weighted by molar-refractivity contribution is 5.92. The van der Waals surface area contributed by atoms with Gasteiger partial charge in [-0.25, -0.2) is 4.79 Å². The van der Waals surface area contributed by atoms with Crippen molar-refractivity contribution in [2.75, 3.05) is 26.7 Å². The van der Waals surface area contributed by atoms with Crippen molar-refractivity contribution in [3.8, 4) is 0 Å². The zero-order valence-corrected chi connectivity index (χ0v) is 18.6. The summed E-state index contributed by atoms with van der Waals surface area (Å²) in [5.74, 6) is 0.734. The number of carbonyl (C=O) groups is 2. The Balaban J connectivity index is 2.29. The van der Waals surface area contributed by atoms with Crippen LogP contribution in [0.2, 0.25) is 0 Å². The van der Waals surface area contributed by atoms with Gasteiger partial charge in [0.1, 0.15) is 5.60 Å². The first kappa shape index (κ1) is 24.3. The standard InChI is InChI=1S/C20H35N5O4/c1-14-9-12-28-15(14)16(26)22-10-8-11-23-17(21-7)24-13-20(5,6)25-18(27)29-19(2,3)4/h9,12H,8,10-11,13H2,1-7H3,(H,22,26)(H,25,27)(H2,21,23,24). The molecule has 1 aromatic heterocycles. The Bertz CT molecular complexity index is 704. The topological polar surface area (TPSA) is 117 Å². The number of hydrogen-bond acceptors (Lipinski definition) is 5. The molecule has 0 unspecified atom stereocenters. The normalized spacial score (nSPS) is 12.3. The number of nitrogens with one attached hydrogen (secondary N) is 4. The number of hydrogen-bond donors (Lipinski definition) is 4. The lowest BCUT2D eigenvalue weighted by Gasteiger charge is -2.29. The summed E-state index contributed by atoms with van der Waals surface area (Å²) in [7, 11) is 1.67. The number of furan rings is 1.